The molecule has 1 saturated carbocycles. The summed E-state index contributed by atoms with van der Waals surface area (Å²) >= 11 is 0. The molecule has 0 amide bonds. The third-order valence-corrected chi connectivity index (χ3v) is 2.79. The largest absolute Gasteiger partial charge is 0.490 e. The molecule has 2 aromatic rings. The molecule has 0 aliphatic heterocycles. The first-order valence-corrected chi connectivity index (χ1v) is 5.74. The van der Waals surface area contributed by atoms with Crippen LogP contribution in [0.5, 0.6) is 5.75 Å². The van der Waals surface area contributed by atoms with Gasteiger partial charge >= 0.3 is 0 Å². The van der Waals surface area contributed by atoms with Gasteiger partial charge in [-0.3, -0.25) is 0 Å². The molecule has 0 heterocycles. The number of ether oxygens (including phenoxy) is 1. The molecule has 0 N–H and O–H groups in total. The van der Waals surface area contributed by atoms with Gasteiger partial charge in [-0.05, 0) is 36.1 Å². The molecular formula is C15H14O. The van der Waals surface area contributed by atoms with E-state index < -0.39 is 0 Å². The zero-order valence-corrected chi connectivity index (χ0v) is 9.10. The van der Waals surface area contributed by atoms with Gasteiger partial charge < -0.3 is 4.74 Å². The van der Waals surface area contributed by atoms with Gasteiger partial charge in [0, 0.05) is 0 Å². The first-order valence-electron chi connectivity index (χ1n) is 5.74. The van der Waals surface area contributed by atoms with Crippen LogP contribution in [0.1, 0.15) is 12.8 Å². The molecule has 0 aromatic heterocycles. The molecular weight excluding hydrogens is 196 g/mol. The summed E-state index contributed by atoms with van der Waals surface area (Å²) in [4.78, 5) is 0. The maximum atomic E-state index is 5.72. The highest BCUT2D eigenvalue weighted by molar-refractivity contribution is 5.63. The Hall–Kier alpha value is -1.76. The van der Waals surface area contributed by atoms with E-state index in [-0.39, 0.29) is 0 Å². The summed E-state index contributed by atoms with van der Waals surface area (Å²) in [5.41, 5.74) is 2.49. The summed E-state index contributed by atoms with van der Waals surface area (Å²) in [6.07, 6.45) is 2.89. The minimum absolute atomic E-state index is 0.475. The van der Waals surface area contributed by atoms with Crippen LogP contribution < -0.4 is 4.74 Å². The molecule has 1 heteroatoms. The van der Waals surface area contributed by atoms with Crippen molar-refractivity contribution < 1.29 is 4.74 Å². The van der Waals surface area contributed by atoms with E-state index in [1.807, 2.05) is 6.07 Å². The lowest BCUT2D eigenvalue weighted by Gasteiger charge is -2.05. The lowest BCUT2D eigenvalue weighted by molar-refractivity contribution is 0.303. The molecule has 2 aromatic carbocycles. The molecule has 1 nitrogen and oxygen atoms in total. The van der Waals surface area contributed by atoms with E-state index in [0.29, 0.717) is 6.10 Å². The first kappa shape index (κ1) is 9.46. The summed E-state index contributed by atoms with van der Waals surface area (Å²) in [5, 5.41) is 0. The molecule has 0 atom stereocenters. The molecule has 0 spiro atoms. The average Bonchev–Trinajstić information content (AvgIpc) is 3.15. The normalized spacial score (nSPS) is 14.8. The molecule has 0 unspecified atom stereocenters. The van der Waals surface area contributed by atoms with Crippen molar-refractivity contribution in [2.45, 2.75) is 18.9 Å². The maximum absolute atomic E-state index is 5.72. The van der Waals surface area contributed by atoms with Crippen LogP contribution in [0.4, 0.5) is 0 Å². The van der Waals surface area contributed by atoms with Crippen molar-refractivity contribution in [2.24, 2.45) is 0 Å². The fourth-order valence-corrected chi connectivity index (χ4v) is 1.73. The van der Waals surface area contributed by atoms with Crippen LogP contribution in [-0.2, 0) is 0 Å². The minimum Gasteiger partial charge on any atom is -0.490 e. The lowest BCUT2D eigenvalue weighted by atomic mass is 10.1. The van der Waals surface area contributed by atoms with Crippen LogP contribution in [0.25, 0.3) is 11.1 Å². The molecule has 3 rings (SSSR count). The third kappa shape index (κ3) is 2.08. The Balaban J connectivity index is 1.81. The van der Waals surface area contributed by atoms with Gasteiger partial charge in [0.25, 0.3) is 0 Å². The third-order valence-electron chi connectivity index (χ3n) is 2.79. The highest BCUT2D eigenvalue weighted by atomic mass is 16.5. The Kier molecular flexibility index (Phi) is 2.37. The molecule has 0 saturated heterocycles. The number of hydrogen-bond donors (Lipinski definition) is 0. The Morgan fingerprint density at radius 2 is 1.38 bits per heavy atom. The highest BCUT2D eigenvalue weighted by Gasteiger charge is 2.23. The van der Waals surface area contributed by atoms with Gasteiger partial charge in [-0.15, -0.1) is 0 Å². The topological polar surface area (TPSA) is 9.23 Å². The fraction of sp³-hybridized carbons (Fsp3) is 0.200. The van der Waals surface area contributed by atoms with E-state index in [2.05, 4.69) is 48.5 Å². The second-order valence-electron chi connectivity index (χ2n) is 4.21. The second-order valence-corrected chi connectivity index (χ2v) is 4.21. The van der Waals surface area contributed by atoms with E-state index in [1.165, 1.54) is 24.0 Å². The van der Waals surface area contributed by atoms with Crippen molar-refractivity contribution in [1.82, 2.24) is 0 Å². The Labute approximate surface area is 95.7 Å². The van der Waals surface area contributed by atoms with Gasteiger partial charge in [0.05, 0.1) is 6.10 Å². The van der Waals surface area contributed by atoms with Gasteiger partial charge in [-0.25, -0.2) is 0 Å². The Bertz CT molecular complexity index is 455. The molecule has 1 fully saturated rings. The summed E-state index contributed by atoms with van der Waals surface area (Å²) in [7, 11) is 0. The molecule has 0 bridgehead atoms. The average molecular weight is 210 g/mol. The Morgan fingerprint density at radius 3 is 2.00 bits per heavy atom. The molecule has 1 aliphatic carbocycles. The van der Waals surface area contributed by atoms with Crippen LogP contribution in [-0.4, -0.2) is 6.10 Å². The smallest absolute Gasteiger partial charge is 0.119 e. The number of hydrogen-bond acceptors (Lipinski definition) is 1. The summed E-state index contributed by atoms with van der Waals surface area (Å²) in [5.74, 6) is 0.988. The number of rotatable bonds is 3. The zero-order chi connectivity index (χ0) is 10.8. The predicted octanol–water partition coefficient (Wildman–Crippen LogP) is 3.89. The van der Waals surface area contributed by atoms with Gasteiger partial charge in [-0.1, -0.05) is 42.5 Å². The summed E-state index contributed by atoms with van der Waals surface area (Å²) < 4.78 is 5.72. The van der Waals surface area contributed by atoms with Gasteiger partial charge in [0.15, 0.2) is 0 Å². The van der Waals surface area contributed by atoms with Crippen molar-refractivity contribution >= 4 is 0 Å². The number of benzene rings is 2. The second kappa shape index (κ2) is 4.01. The monoisotopic (exact) mass is 210 g/mol. The van der Waals surface area contributed by atoms with E-state index in [1.54, 1.807) is 0 Å². The van der Waals surface area contributed by atoms with Gasteiger partial charge in [0.2, 0.25) is 0 Å². The van der Waals surface area contributed by atoms with E-state index in [0.717, 1.165) is 5.75 Å². The van der Waals surface area contributed by atoms with Crippen LogP contribution in [0.2, 0.25) is 0 Å². The fourth-order valence-electron chi connectivity index (χ4n) is 1.73. The first-order chi connectivity index (χ1) is 7.92. The molecule has 80 valence electrons. The summed E-state index contributed by atoms with van der Waals surface area (Å²) in [6.45, 7) is 0. The van der Waals surface area contributed by atoms with Crippen molar-refractivity contribution in [2.75, 3.05) is 0 Å². The summed E-state index contributed by atoms with van der Waals surface area (Å²) in [6, 6.07) is 18.7. The van der Waals surface area contributed by atoms with Crippen LogP contribution >= 0.6 is 0 Å². The molecule has 0 radical (unpaired) electrons. The zero-order valence-electron chi connectivity index (χ0n) is 9.10. The highest BCUT2D eigenvalue weighted by Crippen LogP contribution is 2.28. The maximum Gasteiger partial charge on any atom is 0.119 e. The van der Waals surface area contributed by atoms with Crippen molar-refractivity contribution in [3.05, 3.63) is 54.6 Å². The predicted molar refractivity (Wildman–Crippen MR) is 65.5 cm³/mol. The molecule has 1 aliphatic rings. The van der Waals surface area contributed by atoms with E-state index >= 15 is 0 Å². The minimum atomic E-state index is 0.475. The quantitative estimate of drug-likeness (QED) is 0.746. The lowest BCUT2D eigenvalue weighted by Crippen LogP contribution is -1.94. The standard InChI is InChI=1S/C15H14O/c1-2-4-12(5-3-1)13-6-8-14(9-7-13)16-15-10-11-15/h1-9,15H,10-11H2. The van der Waals surface area contributed by atoms with Crippen LogP contribution in [0.15, 0.2) is 54.6 Å². The van der Waals surface area contributed by atoms with Crippen molar-refractivity contribution in [3.63, 3.8) is 0 Å². The van der Waals surface area contributed by atoms with Crippen molar-refractivity contribution in [3.8, 4) is 16.9 Å². The van der Waals surface area contributed by atoms with E-state index in [9.17, 15) is 0 Å². The molecule has 16 heavy (non-hydrogen) atoms. The van der Waals surface area contributed by atoms with E-state index in [4.69, 9.17) is 4.74 Å². The SMILES string of the molecule is c1ccc(-c2ccc(OC3CC3)cc2)cc1. The van der Waals surface area contributed by atoms with Gasteiger partial charge in [0.1, 0.15) is 5.75 Å². The Morgan fingerprint density at radius 1 is 0.750 bits per heavy atom. The van der Waals surface area contributed by atoms with Crippen LogP contribution in [0, 0.1) is 0 Å². The van der Waals surface area contributed by atoms with Gasteiger partial charge in [-0.2, -0.15) is 0 Å². The van der Waals surface area contributed by atoms with Crippen molar-refractivity contribution in [1.29, 1.82) is 0 Å². The van der Waals surface area contributed by atoms with Crippen LogP contribution in [0.3, 0.4) is 0 Å².